The molecule has 9 rings (SSSR count). The van der Waals surface area contributed by atoms with E-state index in [2.05, 4.69) is 10.6 Å². The van der Waals surface area contributed by atoms with Crippen molar-refractivity contribution >= 4 is 42.0 Å². The minimum absolute atomic E-state index is 0.0395. The second-order valence-corrected chi connectivity index (χ2v) is 17.6. The molecule has 17 nitrogen and oxygen atoms in total. The number of ether oxygens (including phenoxy) is 8. The molecule has 0 bridgehead atoms. The van der Waals surface area contributed by atoms with Crippen LogP contribution < -0.4 is 24.8 Å². The number of hydrogen-bond acceptors (Lipinski definition) is 15. The lowest BCUT2D eigenvalue weighted by Gasteiger charge is -2.38. The highest BCUT2D eigenvalue weighted by Crippen LogP contribution is 2.59. The van der Waals surface area contributed by atoms with Gasteiger partial charge in [-0.1, -0.05) is 115 Å². The summed E-state index contributed by atoms with van der Waals surface area (Å²) in [5, 5.41) is 5.24. The van der Waals surface area contributed by atoms with E-state index >= 15 is 0 Å². The number of nitrogens with one attached hydrogen (secondary N) is 2. The largest absolute Gasteiger partial charge is 0.461 e. The number of carbonyl (C=O) groups excluding carboxylic acids is 7. The molecular weight excluding hydrogens is 989 g/mol. The highest BCUT2D eigenvalue weighted by molar-refractivity contribution is 5.97. The number of alkyl carbamates (subject to hydrolysis) is 2. The van der Waals surface area contributed by atoms with Gasteiger partial charge in [-0.3, -0.25) is 9.59 Å². The molecule has 0 atom stereocenters. The first-order chi connectivity index (χ1) is 37.6. The fraction of sp³-hybridized carbons (Fsp3) is 0.183. The third kappa shape index (κ3) is 12.4. The molecule has 2 heterocycles. The third-order valence-corrected chi connectivity index (χ3v) is 12.4. The number of carbonyl (C=O) groups is 7. The maximum Gasteiger partial charge on any atom is 0.407 e. The average Bonchev–Trinajstić information content (AvgIpc) is 3.98. The zero-order valence-electron chi connectivity index (χ0n) is 41.4. The van der Waals surface area contributed by atoms with Gasteiger partial charge in [0, 0.05) is 42.6 Å². The molecule has 2 aliphatic heterocycles. The van der Waals surface area contributed by atoms with E-state index in [9.17, 15) is 33.6 Å². The summed E-state index contributed by atoms with van der Waals surface area (Å²) in [6, 6.07) is 47.5. The number of amides is 2. The van der Waals surface area contributed by atoms with Crippen molar-refractivity contribution in [1.82, 2.24) is 10.6 Å². The number of rotatable bonds is 20. The van der Waals surface area contributed by atoms with Crippen molar-refractivity contribution in [3.8, 4) is 23.0 Å². The molecule has 0 fully saturated rings. The van der Waals surface area contributed by atoms with E-state index in [-0.39, 0.29) is 114 Å². The third-order valence-electron chi connectivity index (χ3n) is 12.4. The second-order valence-electron chi connectivity index (χ2n) is 17.6. The Kier molecular flexibility index (Phi) is 16.6. The zero-order chi connectivity index (χ0) is 53.6. The fourth-order valence-corrected chi connectivity index (χ4v) is 8.65. The van der Waals surface area contributed by atoms with E-state index in [1.165, 1.54) is 12.1 Å². The number of hydrogen-bond donors (Lipinski definition) is 2. The summed E-state index contributed by atoms with van der Waals surface area (Å²) in [7, 11) is 0. The second kappa shape index (κ2) is 24.5. The molecule has 2 amide bonds. The predicted molar refractivity (Wildman–Crippen MR) is 275 cm³/mol. The van der Waals surface area contributed by atoms with E-state index in [0.29, 0.717) is 5.56 Å². The first-order valence-corrected chi connectivity index (χ1v) is 24.7. The van der Waals surface area contributed by atoms with Gasteiger partial charge < -0.3 is 48.5 Å². The van der Waals surface area contributed by atoms with Gasteiger partial charge in [-0.25, -0.2) is 24.0 Å². The minimum atomic E-state index is -1.79. The molecule has 77 heavy (non-hydrogen) atoms. The normalized spacial score (nSPS) is 12.3. The summed E-state index contributed by atoms with van der Waals surface area (Å²) < 4.78 is 47.6. The monoisotopic (exact) mass is 1040 g/mol. The maximum absolute atomic E-state index is 14.0. The smallest absolute Gasteiger partial charge is 0.407 e. The van der Waals surface area contributed by atoms with Gasteiger partial charge in [0.1, 0.15) is 49.4 Å². The van der Waals surface area contributed by atoms with Crippen LogP contribution in [0.3, 0.4) is 0 Å². The highest BCUT2D eigenvalue weighted by atomic mass is 16.6. The number of benzene rings is 7. The van der Waals surface area contributed by atoms with Crippen molar-refractivity contribution in [1.29, 1.82) is 0 Å². The first-order valence-electron chi connectivity index (χ1n) is 24.7. The molecule has 0 aliphatic carbocycles. The molecular formula is C60H50N2O15. The van der Waals surface area contributed by atoms with Crippen molar-refractivity contribution in [3.05, 3.63) is 225 Å². The van der Waals surface area contributed by atoms with Gasteiger partial charge in [0.25, 0.3) is 0 Å². The van der Waals surface area contributed by atoms with Crippen molar-refractivity contribution in [2.24, 2.45) is 0 Å². The summed E-state index contributed by atoms with van der Waals surface area (Å²) in [6.07, 6.45) is -1.28. The van der Waals surface area contributed by atoms with E-state index < -0.39 is 60.8 Å². The van der Waals surface area contributed by atoms with E-state index in [4.69, 9.17) is 37.9 Å². The molecule has 2 N–H and O–H groups in total. The number of esters is 5. The van der Waals surface area contributed by atoms with Crippen LogP contribution in [-0.2, 0) is 65.3 Å². The molecule has 0 saturated carbocycles. The van der Waals surface area contributed by atoms with E-state index in [1.54, 1.807) is 97.1 Å². The van der Waals surface area contributed by atoms with Crippen LogP contribution in [0.25, 0.3) is 0 Å². The van der Waals surface area contributed by atoms with Crippen LogP contribution in [0.1, 0.15) is 95.7 Å². The summed E-state index contributed by atoms with van der Waals surface area (Å²) >= 11 is 0. The molecule has 0 saturated heterocycles. The Morgan fingerprint density at radius 2 is 0.857 bits per heavy atom. The van der Waals surface area contributed by atoms with Gasteiger partial charge in [-0.2, -0.15) is 0 Å². The van der Waals surface area contributed by atoms with Crippen LogP contribution in [0.15, 0.2) is 170 Å². The predicted octanol–water partition coefficient (Wildman–Crippen LogP) is 10.2. The van der Waals surface area contributed by atoms with Crippen LogP contribution in [0, 0.1) is 0 Å². The summed E-state index contributed by atoms with van der Waals surface area (Å²) in [6.45, 7) is -0.799. The fourth-order valence-electron chi connectivity index (χ4n) is 8.65. The van der Waals surface area contributed by atoms with Crippen LogP contribution >= 0.6 is 0 Å². The lowest BCUT2D eigenvalue weighted by molar-refractivity contribution is -0.145. The Bertz CT molecular complexity index is 3110. The highest BCUT2D eigenvalue weighted by Gasteiger charge is 2.55. The van der Waals surface area contributed by atoms with Gasteiger partial charge in [-0.15, -0.1) is 0 Å². The quantitative estimate of drug-likeness (QED) is 0.0314. The summed E-state index contributed by atoms with van der Waals surface area (Å²) in [5.41, 5.74) is 1.43. The summed E-state index contributed by atoms with van der Waals surface area (Å²) in [5.74, 6) is -3.85. The topological polar surface area (TPSA) is 217 Å². The Morgan fingerprint density at radius 1 is 0.442 bits per heavy atom. The molecule has 17 heteroatoms. The van der Waals surface area contributed by atoms with Crippen LogP contribution in [0.5, 0.6) is 23.0 Å². The van der Waals surface area contributed by atoms with Crippen LogP contribution in [0.4, 0.5) is 9.59 Å². The SMILES string of the molecule is O=C(CCCNC(=O)OCc1ccccc1)OCc1c(OC(=O)c2ccccc2)ccc2c1Oc1c(ccc(OC(=O)c3ccccc3)c1COC(=O)CCCNC(=O)OCc1ccccc1)C21OC(=O)c2ccccc21. The van der Waals surface area contributed by atoms with Crippen LogP contribution in [0.2, 0.25) is 0 Å². The molecule has 2 aliphatic rings. The van der Waals surface area contributed by atoms with Gasteiger partial charge >= 0.3 is 42.0 Å². The molecule has 7 aromatic rings. The van der Waals surface area contributed by atoms with E-state index in [1.807, 2.05) is 60.7 Å². The Morgan fingerprint density at radius 3 is 1.31 bits per heavy atom. The van der Waals surface area contributed by atoms with Gasteiger partial charge in [0.05, 0.1) is 27.8 Å². The Balaban J connectivity index is 1.02. The zero-order valence-corrected chi connectivity index (χ0v) is 41.4. The molecule has 7 aromatic carbocycles. The average molecular weight is 1040 g/mol. The number of fused-ring (bicyclic) bond motifs is 6. The van der Waals surface area contributed by atoms with Crippen molar-refractivity contribution in [3.63, 3.8) is 0 Å². The molecule has 1 spiro atoms. The lowest BCUT2D eigenvalue weighted by Crippen LogP contribution is -2.34. The maximum atomic E-state index is 14.0. The van der Waals surface area contributed by atoms with Gasteiger partial charge in [0.15, 0.2) is 5.60 Å². The molecule has 0 unspecified atom stereocenters. The molecule has 0 aromatic heterocycles. The summed E-state index contributed by atoms with van der Waals surface area (Å²) in [4.78, 5) is 93.4. The standard InChI is InChI=1S/C60H50N2O15/c63-51(27-15-33-61-58(68)72-35-39-17-5-1-6-18-39)70-37-44-49(74-55(65)41-21-9-3-10-22-41)31-29-47-53(44)76-54-45(38-71-52(64)28-16-34-62-59(69)73-36-40-19-7-2-8-20-40)50(75-56(66)42-23-11-4-12-24-42)32-30-48(54)60(47)46-26-14-13-25-43(46)57(67)77-60/h1-14,17-26,29-32H,15-16,27-28,33-38H2,(H,61,68)(H,62,69). The first kappa shape index (κ1) is 52.1. The Labute approximate surface area is 441 Å². The molecule has 390 valence electrons. The van der Waals surface area contributed by atoms with E-state index in [0.717, 1.165) is 11.1 Å². The minimum Gasteiger partial charge on any atom is -0.461 e. The van der Waals surface area contributed by atoms with Gasteiger partial charge in [-0.05, 0) is 78.6 Å². The van der Waals surface area contributed by atoms with Crippen molar-refractivity contribution < 1.29 is 71.5 Å². The molecule has 0 radical (unpaired) electrons. The van der Waals surface area contributed by atoms with Crippen LogP contribution in [-0.4, -0.2) is 55.1 Å². The van der Waals surface area contributed by atoms with Crippen molar-refractivity contribution in [2.45, 2.75) is 57.7 Å². The van der Waals surface area contributed by atoms with Crippen molar-refractivity contribution in [2.75, 3.05) is 13.1 Å². The lowest BCUT2D eigenvalue weighted by atomic mass is 9.76. The van der Waals surface area contributed by atoms with Gasteiger partial charge in [0.2, 0.25) is 0 Å². The Hall–Kier alpha value is -9.77.